The van der Waals surface area contributed by atoms with E-state index in [1.54, 1.807) is 7.11 Å². The zero-order chi connectivity index (χ0) is 17.9. The van der Waals surface area contributed by atoms with Gasteiger partial charge in [0.2, 0.25) is 0 Å². The van der Waals surface area contributed by atoms with Crippen molar-refractivity contribution in [3.63, 3.8) is 0 Å². The lowest BCUT2D eigenvalue weighted by molar-refractivity contribution is 0.273. The molecule has 0 aromatic heterocycles. The van der Waals surface area contributed by atoms with E-state index in [0.29, 0.717) is 6.04 Å². The van der Waals surface area contributed by atoms with Gasteiger partial charge in [-0.1, -0.05) is 19.1 Å². The molecule has 1 aromatic carbocycles. The molecule has 5 nitrogen and oxygen atoms in total. The summed E-state index contributed by atoms with van der Waals surface area (Å²) in [6.45, 7) is 9.43. The third-order valence-electron chi connectivity index (χ3n) is 4.80. The predicted octanol–water partition coefficient (Wildman–Crippen LogP) is 2.67. The molecule has 2 rings (SSSR count). The molecule has 1 aliphatic rings. The van der Waals surface area contributed by atoms with Gasteiger partial charge < -0.3 is 15.4 Å². The van der Waals surface area contributed by atoms with Crippen molar-refractivity contribution in [2.75, 3.05) is 39.8 Å². The number of nitrogens with zero attached hydrogens (tertiary/aromatic N) is 2. The Morgan fingerprint density at radius 1 is 1.24 bits per heavy atom. The zero-order valence-corrected chi connectivity index (χ0v) is 16.1. The maximum Gasteiger partial charge on any atom is 0.191 e. The van der Waals surface area contributed by atoms with Gasteiger partial charge in [0.25, 0.3) is 0 Å². The van der Waals surface area contributed by atoms with Crippen LogP contribution in [0.5, 0.6) is 5.75 Å². The minimum Gasteiger partial charge on any atom is -0.497 e. The van der Waals surface area contributed by atoms with Crippen molar-refractivity contribution in [3.8, 4) is 5.75 Å². The van der Waals surface area contributed by atoms with Gasteiger partial charge in [0.05, 0.1) is 13.7 Å². The molecule has 1 heterocycles. The van der Waals surface area contributed by atoms with E-state index in [2.05, 4.69) is 41.5 Å². The van der Waals surface area contributed by atoms with Crippen LogP contribution in [0.2, 0.25) is 0 Å². The Kier molecular flexibility index (Phi) is 8.60. The Labute approximate surface area is 152 Å². The largest absolute Gasteiger partial charge is 0.497 e. The number of ether oxygens (including phenoxy) is 1. The van der Waals surface area contributed by atoms with E-state index in [0.717, 1.165) is 50.7 Å². The molecule has 1 atom stereocenters. The van der Waals surface area contributed by atoms with Gasteiger partial charge in [-0.3, -0.25) is 9.89 Å². The van der Waals surface area contributed by atoms with Gasteiger partial charge in [0.15, 0.2) is 5.96 Å². The second-order valence-electron chi connectivity index (χ2n) is 6.52. The van der Waals surface area contributed by atoms with Crippen LogP contribution < -0.4 is 15.4 Å². The van der Waals surface area contributed by atoms with Crippen LogP contribution in [0.4, 0.5) is 0 Å². The van der Waals surface area contributed by atoms with Gasteiger partial charge in [0, 0.05) is 19.1 Å². The monoisotopic (exact) mass is 346 g/mol. The van der Waals surface area contributed by atoms with E-state index in [1.807, 2.05) is 12.1 Å². The van der Waals surface area contributed by atoms with E-state index in [1.165, 1.54) is 24.9 Å². The fourth-order valence-electron chi connectivity index (χ4n) is 3.35. The van der Waals surface area contributed by atoms with E-state index in [9.17, 15) is 0 Å². The molecule has 1 aliphatic heterocycles. The number of hydrogen-bond donors (Lipinski definition) is 2. The van der Waals surface area contributed by atoms with Crippen molar-refractivity contribution in [2.24, 2.45) is 4.99 Å². The quantitative estimate of drug-likeness (QED) is 0.410. The number of aryl methyl sites for hydroxylation is 1. The number of benzene rings is 1. The summed E-state index contributed by atoms with van der Waals surface area (Å²) in [5, 5.41) is 6.82. The summed E-state index contributed by atoms with van der Waals surface area (Å²) in [6.07, 6.45) is 4.72. The number of likely N-dealkylation sites (tertiary alicyclic amines) is 1. The highest BCUT2D eigenvalue weighted by molar-refractivity contribution is 5.79. The van der Waals surface area contributed by atoms with Gasteiger partial charge in [-0.25, -0.2) is 0 Å². The standard InChI is InChI=1S/C20H34N4O/c1-4-21-20(23-16-18-9-7-15-24(18)5-2)22-14-6-8-17-10-12-19(25-3)13-11-17/h10-13,18H,4-9,14-16H2,1-3H3,(H2,21,22,23). The second kappa shape index (κ2) is 11.0. The normalized spacial score (nSPS) is 18.4. The highest BCUT2D eigenvalue weighted by Gasteiger charge is 2.22. The molecule has 1 saturated heterocycles. The van der Waals surface area contributed by atoms with Crippen molar-refractivity contribution >= 4 is 5.96 Å². The summed E-state index contributed by atoms with van der Waals surface area (Å²) in [7, 11) is 1.70. The first-order valence-corrected chi connectivity index (χ1v) is 9.66. The molecule has 0 bridgehead atoms. The van der Waals surface area contributed by atoms with Gasteiger partial charge in [-0.2, -0.15) is 0 Å². The third kappa shape index (κ3) is 6.58. The number of guanidine groups is 1. The van der Waals surface area contributed by atoms with Gasteiger partial charge in [0.1, 0.15) is 5.75 Å². The fraction of sp³-hybridized carbons (Fsp3) is 0.650. The molecule has 0 saturated carbocycles. The number of likely N-dealkylation sites (N-methyl/N-ethyl adjacent to an activating group) is 1. The second-order valence-corrected chi connectivity index (χ2v) is 6.52. The molecule has 0 radical (unpaired) electrons. The Morgan fingerprint density at radius 2 is 2.04 bits per heavy atom. The van der Waals surface area contributed by atoms with Crippen LogP contribution in [-0.4, -0.2) is 56.7 Å². The summed E-state index contributed by atoms with van der Waals surface area (Å²) in [4.78, 5) is 7.34. The molecule has 0 amide bonds. The van der Waals surface area contributed by atoms with Crippen LogP contribution in [0.15, 0.2) is 29.3 Å². The van der Waals surface area contributed by atoms with E-state index in [4.69, 9.17) is 9.73 Å². The zero-order valence-electron chi connectivity index (χ0n) is 16.1. The fourth-order valence-corrected chi connectivity index (χ4v) is 3.35. The van der Waals surface area contributed by atoms with E-state index < -0.39 is 0 Å². The van der Waals surface area contributed by atoms with Gasteiger partial charge in [-0.05, 0) is 63.4 Å². The molecule has 1 fully saturated rings. The first kappa shape index (κ1) is 19.6. The van der Waals surface area contributed by atoms with Crippen molar-refractivity contribution in [1.29, 1.82) is 0 Å². The lowest BCUT2D eigenvalue weighted by Crippen LogP contribution is -2.39. The molecule has 25 heavy (non-hydrogen) atoms. The summed E-state index contributed by atoms with van der Waals surface area (Å²) < 4.78 is 5.20. The number of aliphatic imine (C=N–C) groups is 1. The van der Waals surface area contributed by atoms with Crippen LogP contribution in [-0.2, 0) is 6.42 Å². The van der Waals surface area contributed by atoms with Gasteiger partial charge >= 0.3 is 0 Å². The highest BCUT2D eigenvalue weighted by atomic mass is 16.5. The third-order valence-corrected chi connectivity index (χ3v) is 4.80. The Hall–Kier alpha value is -1.75. The number of methoxy groups -OCH3 is 1. The molecule has 1 aromatic rings. The molecule has 0 aliphatic carbocycles. The van der Waals surface area contributed by atoms with Crippen LogP contribution in [0, 0.1) is 0 Å². The van der Waals surface area contributed by atoms with Crippen LogP contribution >= 0.6 is 0 Å². The van der Waals surface area contributed by atoms with Gasteiger partial charge in [-0.15, -0.1) is 0 Å². The minimum atomic E-state index is 0.611. The maximum absolute atomic E-state index is 5.20. The molecular formula is C20H34N4O. The highest BCUT2D eigenvalue weighted by Crippen LogP contribution is 2.16. The topological polar surface area (TPSA) is 48.9 Å². The Balaban J connectivity index is 1.73. The maximum atomic E-state index is 5.20. The van der Waals surface area contributed by atoms with Crippen LogP contribution in [0.25, 0.3) is 0 Å². The summed E-state index contributed by atoms with van der Waals surface area (Å²) >= 11 is 0. The first-order chi connectivity index (χ1) is 12.3. The molecular weight excluding hydrogens is 312 g/mol. The van der Waals surface area contributed by atoms with Crippen molar-refractivity contribution in [1.82, 2.24) is 15.5 Å². The molecule has 2 N–H and O–H groups in total. The SMILES string of the molecule is CCNC(=NCC1CCCN1CC)NCCCc1ccc(OC)cc1. The van der Waals surface area contributed by atoms with Crippen LogP contribution in [0.1, 0.15) is 38.7 Å². The van der Waals surface area contributed by atoms with E-state index >= 15 is 0 Å². The minimum absolute atomic E-state index is 0.611. The van der Waals surface area contributed by atoms with Crippen molar-refractivity contribution < 1.29 is 4.74 Å². The lowest BCUT2D eigenvalue weighted by Gasteiger charge is -2.21. The molecule has 1 unspecified atom stereocenters. The molecule has 5 heteroatoms. The number of hydrogen-bond acceptors (Lipinski definition) is 3. The van der Waals surface area contributed by atoms with Crippen molar-refractivity contribution in [3.05, 3.63) is 29.8 Å². The Morgan fingerprint density at radius 3 is 2.72 bits per heavy atom. The average molecular weight is 347 g/mol. The van der Waals surface area contributed by atoms with Crippen molar-refractivity contribution in [2.45, 2.75) is 45.6 Å². The Bertz CT molecular complexity index is 515. The number of nitrogens with one attached hydrogen (secondary N) is 2. The average Bonchev–Trinajstić information content (AvgIpc) is 3.11. The smallest absolute Gasteiger partial charge is 0.191 e. The molecule has 0 spiro atoms. The summed E-state index contributed by atoms with van der Waals surface area (Å²) in [5.74, 6) is 1.86. The number of rotatable bonds is 9. The lowest BCUT2D eigenvalue weighted by atomic mass is 10.1. The first-order valence-electron chi connectivity index (χ1n) is 9.66. The summed E-state index contributed by atoms with van der Waals surface area (Å²) in [5.41, 5.74) is 1.34. The summed E-state index contributed by atoms with van der Waals surface area (Å²) in [6, 6.07) is 8.93. The van der Waals surface area contributed by atoms with Crippen LogP contribution in [0.3, 0.4) is 0 Å². The predicted molar refractivity (Wildman–Crippen MR) is 106 cm³/mol. The van der Waals surface area contributed by atoms with E-state index in [-0.39, 0.29) is 0 Å². The molecule has 140 valence electrons.